The van der Waals surface area contributed by atoms with Crippen molar-refractivity contribution in [2.45, 2.75) is 58.8 Å². The number of carboxylic acids is 1. The number of carbonyl (C=O) groups is 2. The van der Waals surface area contributed by atoms with Gasteiger partial charge in [0.05, 0.1) is 16.1 Å². The molecule has 2 aromatic heterocycles. The average molecular weight is 773 g/mol. The van der Waals surface area contributed by atoms with Crippen molar-refractivity contribution in [3.8, 4) is 28.7 Å². The van der Waals surface area contributed by atoms with Gasteiger partial charge in [0.1, 0.15) is 48.4 Å². The molecule has 5 aromatic rings. The Morgan fingerprint density at radius 1 is 0.929 bits per heavy atom. The van der Waals surface area contributed by atoms with E-state index in [9.17, 15) is 20.0 Å². The van der Waals surface area contributed by atoms with Crippen LogP contribution >= 0.6 is 11.6 Å². The van der Waals surface area contributed by atoms with Crippen LogP contribution in [0.2, 0.25) is 5.02 Å². The quantitative estimate of drug-likeness (QED) is 0.0795. The molecule has 0 spiro atoms. The molecule has 0 aliphatic carbocycles. The molecule has 12 nitrogen and oxygen atoms in total. The molecule has 1 amide bonds. The van der Waals surface area contributed by atoms with Crippen molar-refractivity contribution in [1.29, 1.82) is 5.26 Å². The molecule has 1 aliphatic rings. The molecule has 13 heteroatoms. The van der Waals surface area contributed by atoms with Crippen molar-refractivity contribution in [1.82, 2.24) is 15.3 Å². The minimum Gasteiger partial charge on any atom is -0.488 e. The minimum atomic E-state index is -0.986. The van der Waals surface area contributed by atoms with Crippen LogP contribution in [0.25, 0.3) is 11.1 Å². The van der Waals surface area contributed by atoms with E-state index in [4.69, 9.17) is 26.2 Å². The highest BCUT2D eigenvalue weighted by atomic mass is 35.5. The number of amides is 1. The first-order chi connectivity index (χ1) is 27.1. The molecule has 3 heterocycles. The lowest BCUT2D eigenvalue weighted by atomic mass is 9.93. The normalized spacial score (nSPS) is 13.6. The topological polar surface area (TPSA) is 179 Å². The van der Waals surface area contributed by atoms with Crippen molar-refractivity contribution in [3.05, 3.63) is 135 Å². The van der Waals surface area contributed by atoms with Crippen LogP contribution in [-0.2, 0) is 24.4 Å². The maximum atomic E-state index is 13.2. The number of aliphatic hydroxyl groups is 1. The predicted octanol–water partition coefficient (Wildman–Crippen LogP) is 7.20. The fourth-order valence-corrected chi connectivity index (χ4v) is 6.58. The van der Waals surface area contributed by atoms with E-state index >= 15 is 0 Å². The molecular weight excluding hydrogens is 732 g/mol. The summed E-state index contributed by atoms with van der Waals surface area (Å²) < 4.78 is 12.5. The van der Waals surface area contributed by atoms with Gasteiger partial charge in [0.25, 0.3) is 5.91 Å². The summed E-state index contributed by atoms with van der Waals surface area (Å²) in [6.45, 7) is 4.68. The number of aryl methyl sites for hydroxylation is 1. The number of nitrogens with zero attached hydrogens (tertiary/aromatic N) is 4. The summed E-state index contributed by atoms with van der Waals surface area (Å²) in [5.74, 6) is -0.253. The monoisotopic (exact) mass is 772 g/mol. The zero-order valence-electron chi connectivity index (χ0n) is 31.0. The van der Waals surface area contributed by atoms with E-state index in [1.54, 1.807) is 36.7 Å². The highest BCUT2D eigenvalue weighted by Gasteiger charge is 2.26. The lowest BCUT2D eigenvalue weighted by Gasteiger charge is -2.24. The zero-order valence-corrected chi connectivity index (χ0v) is 31.8. The molecule has 1 atom stereocenters. The summed E-state index contributed by atoms with van der Waals surface area (Å²) in [4.78, 5) is 38.0. The molecule has 4 N–H and O–H groups in total. The number of hydrogen-bond donors (Lipinski definition) is 4. The molecule has 3 aromatic carbocycles. The second kappa shape index (κ2) is 18.4. The first-order valence-electron chi connectivity index (χ1n) is 18.2. The minimum absolute atomic E-state index is 0.0706. The number of pyridine rings is 2. The maximum absolute atomic E-state index is 13.2. The summed E-state index contributed by atoms with van der Waals surface area (Å²) in [6, 6.07) is 21.6. The van der Waals surface area contributed by atoms with E-state index in [0.717, 1.165) is 52.6 Å². The van der Waals surface area contributed by atoms with Gasteiger partial charge in [-0.05, 0) is 97.2 Å². The molecule has 1 unspecified atom stereocenters. The van der Waals surface area contributed by atoms with Crippen molar-refractivity contribution >= 4 is 35.0 Å². The number of carbonyl (C=O) groups excluding carboxylic acids is 1. The van der Waals surface area contributed by atoms with Crippen LogP contribution in [0.15, 0.2) is 90.3 Å². The van der Waals surface area contributed by atoms with Crippen LogP contribution in [-0.4, -0.2) is 57.1 Å². The Morgan fingerprint density at radius 3 is 2.46 bits per heavy atom. The first-order valence-corrected chi connectivity index (χ1v) is 18.6. The summed E-state index contributed by atoms with van der Waals surface area (Å²) in [5.41, 5.74) is 8.22. The van der Waals surface area contributed by atoms with Gasteiger partial charge in [-0.15, -0.1) is 0 Å². The van der Waals surface area contributed by atoms with Crippen LogP contribution in [0.4, 0.5) is 5.69 Å². The second-order valence-corrected chi connectivity index (χ2v) is 13.8. The van der Waals surface area contributed by atoms with Gasteiger partial charge in [-0.3, -0.25) is 19.8 Å². The van der Waals surface area contributed by atoms with Crippen LogP contribution in [0.5, 0.6) is 11.5 Å². The van der Waals surface area contributed by atoms with Crippen molar-refractivity contribution in [3.63, 3.8) is 0 Å². The summed E-state index contributed by atoms with van der Waals surface area (Å²) >= 11 is 6.79. The Balaban J connectivity index is 1.21. The number of unbranched alkanes of at least 4 members (excludes halogenated alkanes) is 1. The molecule has 0 bridgehead atoms. The Bertz CT molecular complexity index is 2310. The third kappa shape index (κ3) is 9.49. The van der Waals surface area contributed by atoms with Gasteiger partial charge < -0.3 is 30.3 Å². The van der Waals surface area contributed by atoms with Gasteiger partial charge in [0.2, 0.25) is 0 Å². The van der Waals surface area contributed by atoms with E-state index in [0.29, 0.717) is 58.4 Å². The smallest absolute Gasteiger partial charge is 0.326 e. The van der Waals surface area contributed by atoms with Crippen molar-refractivity contribution in [2.24, 2.45) is 4.99 Å². The number of aromatic nitrogens is 2. The van der Waals surface area contributed by atoms with E-state index in [2.05, 4.69) is 31.7 Å². The van der Waals surface area contributed by atoms with E-state index < -0.39 is 12.0 Å². The Kier molecular flexibility index (Phi) is 12.9. The molecular formula is C43H41ClN6O6. The second-order valence-electron chi connectivity index (χ2n) is 13.4. The van der Waals surface area contributed by atoms with Crippen LogP contribution < -0.4 is 20.1 Å². The average Bonchev–Trinajstić information content (AvgIpc) is 3.21. The molecule has 56 heavy (non-hydrogen) atoms. The highest BCUT2D eigenvalue weighted by molar-refractivity contribution is 6.32. The predicted molar refractivity (Wildman–Crippen MR) is 213 cm³/mol. The number of carboxylic acid groups (broad SMARTS) is 1. The number of amidine groups is 1. The molecule has 0 saturated carbocycles. The van der Waals surface area contributed by atoms with Crippen LogP contribution in [0.3, 0.4) is 0 Å². The molecule has 0 fully saturated rings. The van der Waals surface area contributed by atoms with Crippen LogP contribution in [0, 0.1) is 25.2 Å². The summed E-state index contributed by atoms with van der Waals surface area (Å²) in [7, 11) is 0. The number of rotatable bonds is 15. The number of benzene rings is 3. The fraction of sp³-hybridized carbons (Fsp3) is 0.256. The maximum Gasteiger partial charge on any atom is 0.326 e. The van der Waals surface area contributed by atoms with Gasteiger partial charge in [-0.25, -0.2) is 4.79 Å². The molecule has 286 valence electrons. The number of aliphatic carboxylic acids is 1. The van der Waals surface area contributed by atoms with Crippen LogP contribution in [0.1, 0.15) is 68.7 Å². The lowest BCUT2D eigenvalue weighted by molar-refractivity contribution is -0.139. The van der Waals surface area contributed by atoms with Gasteiger partial charge in [0, 0.05) is 49.1 Å². The van der Waals surface area contributed by atoms with E-state index in [1.165, 1.54) is 6.20 Å². The van der Waals surface area contributed by atoms with E-state index in [1.807, 2.05) is 56.3 Å². The van der Waals surface area contributed by atoms with Gasteiger partial charge in [-0.1, -0.05) is 48.0 Å². The SMILES string of the molecule is Cc1c(COc2cc(OCc3cncc(C#N)c3)c(C3=NCCC(C(=O)O)N3)cc2Cl)cccc1-c1cccc(NC(=O)c2ccc(CCCCO)cn2)c1C. The zero-order chi connectivity index (χ0) is 39.6. The third-order valence-corrected chi connectivity index (χ3v) is 9.83. The number of anilines is 1. The summed E-state index contributed by atoms with van der Waals surface area (Å²) in [6.07, 6.45) is 7.47. The largest absolute Gasteiger partial charge is 0.488 e. The third-order valence-electron chi connectivity index (χ3n) is 9.54. The molecule has 0 saturated heterocycles. The number of aliphatic imine (C=N–C) groups is 1. The Hall–Kier alpha value is -6.29. The number of hydrogen-bond acceptors (Lipinski definition) is 10. The molecule has 0 radical (unpaired) electrons. The number of ether oxygens (including phenoxy) is 2. The fourth-order valence-electron chi connectivity index (χ4n) is 6.36. The van der Waals surface area contributed by atoms with Gasteiger partial charge in [0.15, 0.2) is 0 Å². The van der Waals surface area contributed by atoms with Crippen molar-refractivity contribution < 1.29 is 29.3 Å². The Morgan fingerprint density at radius 2 is 1.71 bits per heavy atom. The van der Waals surface area contributed by atoms with Crippen molar-refractivity contribution in [2.75, 3.05) is 18.5 Å². The van der Waals surface area contributed by atoms with E-state index in [-0.39, 0.29) is 30.8 Å². The molecule has 6 rings (SSSR count). The highest BCUT2D eigenvalue weighted by Crippen LogP contribution is 2.36. The van der Waals surface area contributed by atoms with Gasteiger partial charge in [-0.2, -0.15) is 5.26 Å². The first kappa shape index (κ1) is 39.4. The number of nitriles is 1. The number of halogens is 1. The number of nitrogens with one attached hydrogen (secondary N) is 2. The Labute approximate surface area is 329 Å². The molecule has 1 aliphatic heterocycles. The standard InChI is InChI=1S/C43H41ClN6O6/c1-26-31(8-5-9-32(26)33-10-6-11-36(27(33)2)50-42(52)37-13-12-28(23-48-37)7-3-4-16-51)25-56-40-19-39(55-24-30-17-29(20-45)21-46-22-30)34(18-35(40)44)41-47-15-14-38(49-41)43(53)54/h5-6,8-13,17-19,21-23,38,51H,3-4,7,14-16,24-25H2,1-2H3,(H,47,49)(H,50,52)(H,53,54). The lowest BCUT2D eigenvalue weighted by Crippen LogP contribution is -2.44. The summed E-state index contributed by atoms with van der Waals surface area (Å²) in [5, 5.41) is 34.3. The van der Waals surface area contributed by atoms with Gasteiger partial charge >= 0.3 is 5.97 Å². The number of aliphatic hydroxyl groups excluding tert-OH is 1.